The summed E-state index contributed by atoms with van der Waals surface area (Å²) in [5.41, 5.74) is 0.838. The summed E-state index contributed by atoms with van der Waals surface area (Å²) >= 11 is 6.99. The highest BCUT2D eigenvalue weighted by Gasteiger charge is 2.38. The summed E-state index contributed by atoms with van der Waals surface area (Å²) in [6.45, 7) is 3.88. The van der Waals surface area contributed by atoms with Crippen LogP contribution in [0, 0.1) is 10.1 Å². The number of benzene rings is 2. The number of nitrogens with one attached hydrogen (secondary N) is 1. The van der Waals surface area contributed by atoms with Gasteiger partial charge in [0.05, 0.1) is 16.7 Å². The fraction of sp³-hybridized carbons (Fsp3) is 0.120. The van der Waals surface area contributed by atoms with Gasteiger partial charge in [-0.1, -0.05) is 41.6 Å². The second-order valence-corrected chi connectivity index (χ2v) is 9.31. The molecular weight excluding hydrogens is 518 g/mol. The van der Waals surface area contributed by atoms with E-state index in [1.54, 1.807) is 60.7 Å². The Hall–Kier alpha value is -4.22. The summed E-state index contributed by atoms with van der Waals surface area (Å²) in [6, 6.07) is 16.1. The third-order valence-electron chi connectivity index (χ3n) is 5.15. The van der Waals surface area contributed by atoms with Crippen LogP contribution < -0.4 is 5.32 Å². The number of para-hydroxylation sites is 1. The number of amides is 2. The zero-order valence-corrected chi connectivity index (χ0v) is 20.8. The number of nitro groups is 1. The molecule has 1 N–H and O–H groups in total. The van der Waals surface area contributed by atoms with Crippen molar-refractivity contribution < 1.29 is 18.9 Å². The summed E-state index contributed by atoms with van der Waals surface area (Å²) in [6.07, 6.45) is 2.84. The van der Waals surface area contributed by atoms with Crippen molar-refractivity contribution in [3.8, 4) is 11.3 Å². The first-order valence-electron chi connectivity index (χ1n) is 10.9. The number of halogens is 1. The number of thioether (sulfide) groups is 1. The highest BCUT2D eigenvalue weighted by Crippen LogP contribution is 2.31. The Morgan fingerprint density at radius 2 is 1.97 bits per heavy atom. The first-order chi connectivity index (χ1) is 17.9. The van der Waals surface area contributed by atoms with Gasteiger partial charge in [0, 0.05) is 29.7 Å². The lowest BCUT2D eigenvalue weighted by Gasteiger charge is -2.12. The molecule has 10 nitrogen and oxygen atoms in total. The third-order valence-corrected chi connectivity index (χ3v) is 6.57. The topological polar surface area (TPSA) is 130 Å². The Labute approximate surface area is 220 Å². The smallest absolute Gasteiger partial charge is 0.280 e. The van der Waals surface area contributed by atoms with E-state index >= 15 is 0 Å². The predicted molar refractivity (Wildman–Crippen MR) is 144 cm³/mol. The summed E-state index contributed by atoms with van der Waals surface area (Å²) in [5, 5.41) is 22.4. The molecule has 2 heterocycles. The van der Waals surface area contributed by atoms with Crippen molar-refractivity contribution in [2.24, 2.45) is 10.2 Å². The van der Waals surface area contributed by atoms with E-state index in [4.69, 9.17) is 16.0 Å². The van der Waals surface area contributed by atoms with Gasteiger partial charge < -0.3 is 9.73 Å². The van der Waals surface area contributed by atoms with Crippen LogP contribution in [-0.4, -0.2) is 44.8 Å². The number of amidine groups is 1. The average molecular weight is 538 g/mol. The van der Waals surface area contributed by atoms with E-state index in [-0.39, 0.29) is 30.5 Å². The molecule has 0 bridgehead atoms. The van der Waals surface area contributed by atoms with Crippen LogP contribution in [0.3, 0.4) is 0 Å². The van der Waals surface area contributed by atoms with Gasteiger partial charge in [-0.05, 0) is 42.5 Å². The Bertz CT molecular complexity index is 1400. The number of nitro benzene ring substituents is 1. The van der Waals surface area contributed by atoms with Crippen molar-refractivity contribution in [2.45, 2.75) is 11.7 Å². The van der Waals surface area contributed by atoms with E-state index in [1.165, 1.54) is 17.2 Å². The number of nitrogens with zero attached hydrogens (tertiary/aromatic N) is 4. The lowest BCUT2D eigenvalue weighted by atomic mass is 10.1. The van der Waals surface area contributed by atoms with Crippen LogP contribution in [0.25, 0.3) is 11.3 Å². The van der Waals surface area contributed by atoms with Crippen LogP contribution in [0.4, 0.5) is 11.4 Å². The molecule has 1 saturated heterocycles. The lowest BCUT2D eigenvalue weighted by Crippen LogP contribution is -2.33. The van der Waals surface area contributed by atoms with Crippen LogP contribution in [0.5, 0.6) is 0 Å². The number of rotatable bonds is 9. The fourth-order valence-electron chi connectivity index (χ4n) is 3.47. The first-order valence-corrected chi connectivity index (χ1v) is 12.2. The zero-order chi connectivity index (χ0) is 26.4. The van der Waals surface area contributed by atoms with E-state index in [0.29, 0.717) is 33.0 Å². The lowest BCUT2D eigenvalue weighted by molar-refractivity contribution is -0.384. The van der Waals surface area contributed by atoms with Gasteiger partial charge in [0.25, 0.3) is 5.69 Å². The SMILES string of the molecule is C=CCN1C(=O)C(CC(=O)Nc2ccc(Cl)cc2)S/C1=N\N=C\c1ccc(-c2ccccc2[N+](=O)[O-])o1. The zero-order valence-electron chi connectivity index (χ0n) is 19.2. The molecule has 37 heavy (non-hydrogen) atoms. The Balaban J connectivity index is 1.45. The molecule has 1 atom stereocenters. The largest absolute Gasteiger partial charge is 0.455 e. The van der Waals surface area contributed by atoms with Crippen molar-refractivity contribution in [1.82, 2.24) is 4.90 Å². The molecule has 1 aliphatic rings. The van der Waals surface area contributed by atoms with Crippen molar-refractivity contribution in [2.75, 3.05) is 11.9 Å². The molecule has 2 amide bonds. The predicted octanol–water partition coefficient (Wildman–Crippen LogP) is 5.36. The molecule has 0 radical (unpaired) electrons. The van der Waals surface area contributed by atoms with Crippen molar-refractivity contribution >= 4 is 57.9 Å². The van der Waals surface area contributed by atoms with Crippen molar-refractivity contribution in [3.63, 3.8) is 0 Å². The minimum absolute atomic E-state index is 0.0557. The normalized spacial score (nSPS) is 16.5. The molecule has 0 aliphatic carbocycles. The van der Waals surface area contributed by atoms with Gasteiger partial charge in [-0.2, -0.15) is 5.10 Å². The number of hydrogen-bond donors (Lipinski definition) is 1. The van der Waals surface area contributed by atoms with Crippen LogP contribution in [0.1, 0.15) is 12.2 Å². The van der Waals surface area contributed by atoms with Gasteiger partial charge in [0.15, 0.2) is 5.17 Å². The number of hydrogen-bond acceptors (Lipinski definition) is 8. The standard InChI is InChI=1S/C25H20ClN5O5S/c1-2-13-30-24(33)22(14-23(32)28-17-9-7-16(26)8-10-17)37-25(30)29-27-15-18-11-12-21(36-18)19-5-3-4-6-20(19)31(34)35/h2-12,15,22H,1,13-14H2,(H,28,32)/b27-15+,29-25-. The third kappa shape index (κ3) is 6.32. The Kier molecular flexibility index (Phi) is 8.16. The van der Waals surface area contributed by atoms with E-state index in [2.05, 4.69) is 22.1 Å². The van der Waals surface area contributed by atoms with Crippen molar-refractivity contribution in [3.05, 3.63) is 94.2 Å². The Morgan fingerprint density at radius 1 is 1.22 bits per heavy atom. The summed E-state index contributed by atoms with van der Waals surface area (Å²) in [5.74, 6) is 0.0317. The summed E-state index contributed by atoms with van der Waals surface area (Å²) in [7, 11) is 0. The molecule has 188 valence electrons. The quantitative estimate of drug-likeness (QED) is 0.169. The highest BCUT2D eigenvalue weighted by atomic mass is 35.5. The minimum Gasteiger partial charge on any atom is -0.455 e. The van der Waals surface area contributed by atoms with Crippen molar-refractivity contribution in [1.29, 1.82) is 0 Å². The maximum atomic E-state index is 12.9. The maximum Gasteiger partial charge on any atom is 0.280 e. The minimum atomic E-state index is -0.671. The van der Waals surface area contributed by atoms with Crippen LogP contribution in [-0.2, 0) is 9.59 Å². The van der Waals surface area contributed by atoms with E-state index in [9.17, 15) is 19.7 Å². The average Bonchev–Trinajstić information content (AvgIpc) is 3.46. The number of anilines is 1. The van der Waals surface area contributed by atoms with Gasteiger partial charge in [-0.3, -0.25) is 24.6 Å². The molecule has 3 aromatic rings. The maximum absolute atomic E-state index is 12.9. The molecule has 12 heteroatoms. The molecule has 1 aliphatic heterocycles. The monoisotopic (exact) mass is 537 g/mol. The first kappa shape index (κ1) is 25.9. The summed E-state index contributed by atoms with van der Waals surface area (Å²) < 4.78 is 5.67. The molecule has 0 spiro atoms. The van der Waals surface area contributed by atoms with E-state index in [0.717, 1.165) is 11.8 Å². The summed E-state index contributed by atoms with van der Waals surface area (Å²) in [4.78, 5) is 37.6. The molecule has 4 rings (SSSR count). The number of carbonyl (C=O) groups is 2. The van der Waals surface area contributed by atoms with Crippen LogP contribution in [0.2, 0.25) is 5.02 Å². The van der Waals surface area contributed by atoms with E-state index in [1.807, 2.05) is 0 Å². The van der Waals surface area contributed by atoms with Gasteiger partial charge in [-0.15, -0.1) is 11.7 Å². The van der Waals surface area contributed by atoms with Crippen LogP contribution >= 0.6 is 23.4 Å². The van der Waals surface area contributed by atoms with Gasteiger partial charge in [0.1, 0.15) is 16.8 Å². The number of furan rings is 1. The Morgan fingerprint density at radius 3 is 2.70 bits per heavy atom. The fourth-order valence-corrected chi connectivity index (χ4v) is 4.70. The van der Waals surface area contributed by atoms with Gasteiger partial charge >= 0.3 is 0 Å². The molecule has 1 fully saturated rings. The molecular formula is C25H20ClN5O5S. The molecule has 1 unspecified atom stereocenters. The van der Waals surface area contributed by atoms with Gasteiger partial charge in [-0.25, -0.2) is 0 Å². The van der Waals surface area contributed by atoms with Crippen LogP contribution in [0.15, 0.2) is 87.9 Å². The highest BCUT2D eigenvalue weighted by molar-refractivity contribution is 8.15. The number of carbonyl (C=O) groups excluding carboxylic acids is 2. The molecule has 1 aromatic heterocycles. The second kappa shape index (κ2) is 11.7. The van der Waals surface area contributed by atoms with E-state index < -0.39 is 10.2 Å². The second-order valence-electron chi connectivity index (χ2n) is 7.71. The molecule has 0 saturated carbocycles. The van der Waals surface area contributed by atoms with Gasteiger partial charge in [0.2, 0.25) is 11.8 Å². The molecule has 2 aromatic carbocycles.